The second-order valence-electron chi connectivity index (χ2n) is 5.79. The summed E-state index contributed by atoms with van der Waals surface area (Å²) in [6.07, 6.45) is 6.59. The Labute approximate surface area is 161 Å². The third-order valence-electron chi connectivity index (χ3n) is 4.02. The Morgan fingerprint density at radius 1 is 0.870 bits per heavy atom. The zero-order valence-electron chi connectivity index (χ0n) is 14.3. The van der Waals surface area contributed by atoms with Crippen molar-refractivity contribution in [2.24, 2.45) is 0 Å². The summed E-state index contributed by atoms with van der Waals surface area (Å²) in [6.45, 7) is 4.34. The summed E-state index contributed by atoms with van der Waals surface area (Å²) >= 11 is 0. The molecule has 2 aromatic rings. The molecule has 0 aliphatic heterocycles. The summed E-state index contributed by atoms with van der Waals surface area (Å²) < 4.78 is 33.6. The van der Waals surface area contributed by atoms with E-state index < -0.39 is 10.1 Å². The van der Waals surface area contributed by atoms with E-state index in [-0.39, 0.29) is 34.5 Å². The predicted molar refractivity (Wildman–Crippen MR) is 89.1 cm³/mol. The van der Waals surface area contributed by atoms with Gasteiger partial charge < -0.3 is 4.55 Å². The smallest absolute Gasteiger partial charge is 0.744 e. The number of rotatable bonds is 7. The molecule has 0 amide bonds. The van der Waals surface area contributed by atoms with Gasteiger partial charge in [-0.15, -0.1) is 0 Å². The Balaban J connectivity index is 0.00000264. The van der Waals surface area contributed by atoms with Crippen molar-refractivity contribution in [1.29, 1.82) is 0 Å². The minimum absolute atomic E-state index is 0. The van der Waals surface area contributed by atoms with E-state index in [1.54, 1.807) is 6.07 Å². The molecule has 23 heavy (non-hydrogen) atoms. The van der Waals surface area contributed by atoms with Crippen LogP contribution in [0.1, 0.15) is 50.7 Å². The van der Waals surface area contributed by atoms with Gasteiger partial charge in [0.1, 0.15) is 10.1 Å². The minimum atomic E-state index is -4.40. The molecule has 2 rings (SSSR count). The second kappa shape index (κ2) is 9.19. The molecule has 5 heteroatoms. The topological polar surface area (TPSA) is 57.2 Å². The van der Waals surface area contributed by atoms with E-state index in [0.29, 0.717) is 0 Å². The standard InChI is InChI=1S/C18H24O3S.Na/c1-3-5-7-14-11-16-9-10-18(22(19,20)21)13-17(16)12-15(14)8-6-4-2;/h9-13H,3-8H2,1-2H3,(H,19,20,21);/q;+1/p-1. The molecule has 0 aliphatic carbocycles. The van der Waals surface area contributed by atoms with Crippen LogP contribution < -0.4 is 29.6 Å². The maximum absolute atomic E-state index is 11.2. The Kier molecular flexibility index (Phi) is 8.25. The number of hydrogen-bond donors (Lipinski definition) is 0. The Bertz CT molecular complexity index is 754. The van der Waals surface area contributed by atoms with Gasteiger partial charge in [-0.1, -0.05) is 44.9 Å². The SMILES string of the molecule is CCCCc1cc2ccc(S(=O)(=O)[O-])cc2cc1CCCC.[Na+]. The average molecular weight is 342 g/mol. The van der Waals surface area contributed by atoms with Crippen molar-refractivity contribution in [2.75, 3.05) is 0 Å². The van der Waals surface area contributed by atoms with Gasteiger partial charge in [-0.25, -0.2) is 8.42 Å². The minimum Gasteiger partial charge on any atom is -0.744 e. The van der Waals surface area contributed by atoms with E-state index in [2.05, 4.69) is 26.0 Å². The van der Waals surface area contributed by atoms with Gasteiger partial charge >= 0.3 is 29.6 Å². The molecule has 0 spiro atoms. The van der Waals surface area contributed by atoms with Crippen LogP contribution in [0.2, 0.25) is 0 Å². The first kappa shape index (κ1) is 20.7. The van der Waals surface area contributed by atoms with Crippen LogP contribution in [-0.4, -0.2) is 13.0 Å². The first-order valence-corrected chi connectivity index (χ1v) is 9.38. The van der Waals surface area contributed by atoms with Crippen LogP contribution in [0.3, 0.4) is 0 Å². The van der Waals surface area contributed by atoms with Crippen molar-refractivity contribution in [3.63, 3.8) is 0 Å². The summed E-state index contributed by atoms with van der Waals surface area (Å²) in [4.78, 5) is -0.150. The Morgan fingerprint density at radius 2 is 1.39 bits per heavy atom. The summed E-state index contributed by atoms with van der Waals surface area (Å²) in [6, 6.07) is 8.84. The monoisotopic (exact) mass is 342 g/mol. The van der Waals surface area contributed by atoms with Crippen molar-refractivity contribution >= 4 is 20.9 Å². The van der Waals surface area contributed by atoms with Gasteiger partial charge in [-0.05, 0) is 59.7 Å². The van der Waals surface area contributed by atoms with E-state index in [0.717, 1.165) is 49.3 Å². The molecule has 3 nitrogen and oxygen atoms in total. The van der Waals surface area contributed by atoms with Crippen LogP contribution >= 0.6 is 0 Å². The third kappa shape index (κ3) is 5.57. The first-order valence-electron chi connectivity index (χ1n) is 7.97. The number of benzene rings is 2. The summed E-state index contributed by atoms with van der Waals surface area (Å²) in [5, 5.41) is 1.84. The summed E-state index contributed by atoms with van der Waals surface area (Å²) in [5.41, 5.74) is 2.63. The predicted octanol–water partition coefficient (Wildman–Crippen LogP) is 1.43. The molecule has 0 saturated heterocycles. The maximum Gasteiger partial charge on any atom is 1.00 e. The maximum atomic E-state index is 11.2. The fourth-order valence-electron chi connectivity index (χ4n) is 2.73. The summed E-state index contributed by atoms with van der Waals surface area (Å²) in [5.74, 6) is 0. The zero-order chi connectivity index (χ0) is 16.2. The fraction of sp³-hybridized carbons (Fsp3) is 0.444. The van der Waals surface area contributed by atoms with Gasteiger partial charge in [0.25, 0.3) is 0 Å². The molecule has 0 unspecified atom stereocenters. The summed E-state index contributed by atoms with van der Waals surface area (Å²) in [7, 11) is -4.40. The van der Waals surface area contributed by atoms with E-state index in [1.807, 2.05) is 0 Å². The largest absolute Gasteiger partial charge is 1.00 e. The quantitative estimate of drug-likeness (QED) is 0.565. The van der Waals surface area contributed by atoms with Crippen molar-refractivity contribution in [3.05, 3.63) is 41.5 Å². The van der Waals surface area contributed by atoms with Crippen LogP contribution in [0.25, 0.3) is 10.8 Å². The molecular formula is C18H23NaO3S. The fourth-order valence-corrected chi connectivity index (χ4v) is 3.23. The molecule has 120 valence electrons. The van der Waals surface area contributed by atoms with Crippen LogP contribution in [0.4, 0.5) is 0 Å². The zero-order valence-corrected chi connectivity index (χ0v) is 17.1. The van der Waals surface area contributed by atoms with E-state index >= 15 is 0 Å². The Hall–Kier alpha value is -0.390. The van der Waals surface area contributed by atoms with Gasteiger partial charge in [0.05, 0.1) is 4.90 Å². The van der Waals surface area contributed by atoms with Crippen molar-refractivity contribution in [2.45, 2.75) is 57.3 Å². The molecule has 0 heterocycles. The van der Waals surface area contributed by atoms with Crippen LogP contribution in [-0.2, 0) is 23.0 Å². The van der Waals surface area contributed by atoms with Crippen molar-refractivity contribution in [1.82, 2.24) is 0 Å². The number of aryl methyl sites for hydroxylation is 2. The van der Waals surface area contributed by atoms with Gasteiger partial charge in [0, 0.05) is 0 Å². The molecule has 0 atom stereocenters. The number of fused-ring (bicyclic) bond motifs is 1. The van der Waals surface area contributed by atoms with E-state index in [1.165, 1.54) is 23.3 Å². The third-order valence-corrected chi connectivity index (χ3v) is 4.85. The molecule has 2 aromatic carbocycles. The molecule has 0 N–H and O–H groups in total. The second-order valence-corrected chi connectivity index (χ2v) is 7.17. The number of hydrogen-bond acceptors (Lipinski definition) is 3. The van der Waals surface area contributed by atoms with Gasteiger partial charge in [0.2, 0.25) is 0 Å². The number of unbranched alkanes of at least 4 members (excludes halogenated alkanes) is 2. The van der Waals surface area contributed by atoms with Crippen LogP contribution in [0.15, 0.2) is 35.2 Å². The molecule has 0 aliphatic rings. The molecule has 0 radical (unpaired) electrons. The van der Waals surface area contributed by atoms with Crippen molar-refractivity contribution < 1.29 is 42.5 Å². The van der Waals surface area contributed by atoms with Gasteiger partial charge in [0.15, 0.2) is 0 Å². The molecule has 0 fully saturated rings. The Morgan fingerprint density at radius 3 is 1.87 bits per heavy atom. The van der Waals surface area contributed by atoms with Crippen LogP contribution in [0.5, 0.6) is 0 Å². The van der Waals surface area contributed by atoms with Gasteiger partial charge in [-0.2, -0.15) is 0 Å². The van der Waals surface area contributed by atoms with E-state index in [9.17, 15) is 13.0 Å². The average Bonchev–Trinajstić information content (AvgIpc) is 2.48. The molecule has 0 aromatic heterocycles. The van der Waals surface area contributed by atoms with Crippen molar-refractivity contribution in [3.8, 4) is 0 Å². The van der Waals surface area contributed by atoms with Gasteiger partial charge in [-0.3, -0.25) is 0 Å². The van der Waals surface area contributed by atoms with Crippen LogP contribution in [0, 0.1) is 0 Å². The molecular weight excluding hydrogens is 319 g/mol. The molecule has 0 bridgehead atoms. The molecule has 0 saturated carbocycles. The first-order chi connectivity index (χ1) is 10.5. The normalized spacial score (nSPS) is 11.4. The van der Waals surface area contributed by atoms with E-state index in [4.69, 9.17) is 0 Å².